The van der Waals surface area contributed by atoms with Crippen LogP contribution in [0.25, 0.3) is 11.0 Å². The molecule has 1 amide bonds. The molecule has 1 heterocycles. The Labute approximate surface area is 177 Å². The topological polar surface area (TPSA) is 93.1 Å². The Balaban J connectivity index is 1.75. The third-order valence-corrected chi connectivity index (χ3v) is 6.28. The van der Waals surface area contributed by atoms with Crippen molar-refractivity contribution in [3.8, 4) is 0 Å². The Bertz CT molecular complexity index is 1130. The number of hydrogen-bond donors (Lipinski definition) is 2. The van der Waals surface area contributed by atoms with Gasteiger partial charge in [0.1, 0.15) is 5.82 Å². The summed E-state index contributed by atoms with van der Waals surface area (Å²) >= 11 is 0. The van der Waals surface area contributed by atoms with Gasteiger partial charge in [-0.2, -0.15) is 0 Å². The normalized spacial score (nSPS) is 13.0. The Morgan fingerprint density at radius 3 is 2.37 bits per heavy atom. The third-order valence-electron chi connectivity index (χ3n) is 4.84. The summed E-state index contributed by atoms with van der Waals surface area (Å²) in [4.78, 5) is 17.5. The molecule has 0 spiro atoms. The molecule has 0 aliphatic rings. The minimum absolute atomic E-state index is 0.139. The van der Waals surface area contributed by atoms with E-state index >= 15 is 0 Å². The molecule has 0 aliphatic heterocycles. The fourth-order valence-corrected chi connectivity index (χ4v) is 4.46. The first-order chi connectivity index (χ1) is 14.2. The number of carbonyl (C=O) groups excluding carboxylic acids is 1. The van der Waals surface area contributed by atoms with Crippen LogP contribution >= 0.6 is 0 Å². The molecular formula is C22H28N4O3S. The van der Waals surface area contributed by atoms with E-state index in [0.29, 0.717) is 12.1 Å². The number of para-hydroxylation sites is 2. The molecule has 0 radical (unpaired) electrons. The minimum atomic E-state index is -3.58. The molecule has 0 saturated heterocycles. The Morgan fingerprint density at radius 2 is 1.73 bits per heavy atom. The van der Waals surface area contributed by atoms with Gasteiger partial charge in [0.2, 0.25) is 10.0 Å². The summed E-state index contributed by atoms with van der Waals surface area (Å²) in [6.45, 7) is 8.90. The fraction of sp³-hybridized carbons (Fsp3) is 0.364. The van der Waals surface area contributed by atoms with Gasteiger partial charge in [-0.3, -0.25) is 4.79 Å². The van der Waals surface area contributed by atoms with Crippen molar-refractivity contribution in [3.63, 3.8) is 0 Å². The molecule has 2 N–H and O–H groups in total. The highest BCUT2D eigenvalue weighted by Gasteiger charge is 2.19. The number of carbonyl (C=O) groups is 1. The van der Waals surface area contributed by atoms with Gasteiger partial charge in [-0.1, -0.05) is 26.0 Å². The zero-order chi connectivity index (χ0) is 21.9. The van der Waals surface area contributed by atoms with E-state index in [0.717, 1.165) is 23.4 Å². The average Bonchev–Trinajstić information content (AvgIpc) is 3.11. The van der Waals surface area contributed by atoms with Crippen LogP contribution in [0.5, 0.6) is 0 Å². The van der Waals surface area contributed by atoms with Gasteiger partial charge in [0.05, 0.1) is 22.0 Å². The van der Waals surface area contributed by atoms with Gasteiger partial charge >= 0.3 is 0 Å². The lowest BCUT2D eigenvalue weighted by atomic mass is 10.2. The van der Waals surface area contributed by atoms with E-state index in [2.05, 4.69) is 19.6 Å². The van der Waals surface area contributed by atoms with Gasteiger partial charge in [0, 0.05) is 18.7 Å². The standard InChI is InChI=1S/C22H28N4O3S/c1-5-26-20-9-7-6-8-19(20)25-21(26)16(4)24-22(27)17-10-12-18(13-11-17)30(28,29)23-14-15(2)3/h6-13,15-16,23H,5,14H2,1-4H3,(H,24,27). The summed E-state index contributed by atoms with van der Waals surface area (Å²) in [5.41, 5.74) is 2.31. The molecule has 160 valence electrons. The van der Waals surface area contributed by atoms with Gasteiger partial charge in [-0.05, 0) is 56.2 Å². The van der Waals surface area contributed by atoms with Crippen molar-refractivity contribution in [2.45, 2.75) is 45.2 Å². The van der Waals surface area contributed by atoms with Crippen molar-refractivity contribution in [2.24, 2.45) is 5.92 Å². The maximum absolute atomic E-state index is 12.7. The van der Waals surface area contributed by atoms with Crippen LogP contribution in [0.4, 0.5) is 0 Å². The highest BCUT2D eigenvalue weighted by Crippen LogP contribution is 2.21. The Morgan fingerprint density at radius 1 is 1.07 bits per heavy atom. The van der Waals surface area contributed by atoms with Crippen LogP contribution in [0.15, 0.2) is 53.4 Å². The first-order valence-corrected chi connectivity index (χ1v) is 11.6. The number of aryl methyl sites for hydroxylation is 1. The van der Waals surface area contributed by atoms with Crippen molar-refractivity contribution < 1.29 is 13.2 Å². The summed E-state index contributed by atoms with van der Waals surface area (Å²) < 4.78 is 29.3. The maximum Gasteiger partial charge on any atom is 0.251 e. The second kappa shape index (κ2) is 8.97. The first-order valence-electron chi connectivity index (χ1n) is 10.1. The number of amides is 1. The molecule has 0 fully saturated rings. The van der Waals surface area contributed by atoms with Crippen LogP contribution in [0.3, 0.4) is 0 Å². The molecule has 7 nitrogen and oxygen atoms in total. The number of nitrogens with zero attached hydrogens (tertiary/aromatic N) is 2. The molecule has 1 aromatic heterocycles. The van der Waals surface area contributed by atoms with E-state index in [4.69, 9.17) is 0 Å². The zero-order valence-corrected chi connectivity index (χ0v) is 18.5. The van der Waals surface area contributed by atoms with Crippen LogP contribution < -0.4 is 10.0 Å². The van der Waals surface area contributed by atoms with E-state index in [1.165, 1.54) is 24.3 Å². The smallest absolute Gasteiger partial charge is 0.251 e. The van der Waals surface area contributed by atoms with E-state index in [1.54, 1.807) is 0 Å². The molecular weight excluding hydrogens is 400 g/mol. The van der Waals surface area contributed by atoms with Crippen LogP contribution in [0, 0.1) is 5.92 Å². The number of fused-ring (bicyclic) bond motifs is 1. The molecule has 3 aromatic rings. The monoisotopic (exact) mass is 428 g/mol. The van der Waals surface area contributed by atoms with E-state index in [-0.39, 0.29) is 22.8 Å². The predicted octanol–water partition coefficient (Wildman–Crippen LogP) is 3.48. The molecule has 8 heteroatoms. The molecule has 1 unspecified atom stereocenters. The number of sulfonamides is 1. The second-order valence-electron chi connectivity index (χ2n) is 7.67. The van der Waals surface area contributed by atoms with Crippen molar-refractivity contribution in [1.82, 2.24) is 19.6 Å². The summed E-state index contributed by atoms with van der Waals surface area (Å²) in [7, 11) is -3.58. The summed E-state index contributed by atoms with van der Waals surface area (Å²) in [6.07, 6.45) is 0. The second-order valence-corrected chi connectivity index (χ2v) is 9.44. The average molecular weight is 429 g/mol. The first kappa shape index (κ1) is 22.0. The highest BCUT2D eigenvalue weighted by molar-refractivity contribution is 7.89. The highest BCUT2D eigenvalue weighted by atomic mass is 32.2. The van der Waals surface area contributed by atoms with Crippen LogP contribution in [-0.2, 0) is 16.6 Å². The molecule has 2 aromatic carbocycles. The number of imidazole rings is 1. The molecule has 3 rings (SSSR count). The van der Waals surface area contributed by atoms with E-state index in [9.17, 15) is 13.2 Å². The van der Waals surface area contributed by atoms with Crippen molar-refractivity contribution in [1.29, 1.82) is 0 Å². The molecule has 0 bridgehead atoms. The summed E-state index contributed by atoms with van der Waals surface area (Å²) in [6, 6.07) is 13.5. The quantitative estimate of drug-likeness (QED) is 0.574. The van der Waals surface area contributed by atoms with Crippen LogP contribution in [0.2, 0.25) is 0 Å². The van der Waals surface area contributed by atoms with Gasteiger partial charge in [-0.15, -0.1) is 0 Å². The molecule has 1 atom stereocenters. The summed E-state index contributed by atoms with van der Waals surface area (Å²) in [5, 5.41) is 2.96. The lowest BCUT2D eigenvalue weighted by Gasteiger charge is -2.15. The van der Waals surface area contributed by atoms with Crippen molar-refractivity contribution in [2.75, 3.05) is 6.54 Å². The third kappa shape index (κ3) is 4.71. The van der Waals surface area contributed by atoms with E-state index in [1.807, 2.05) is 52.0 Å². The van der Waals surface area contributed by atoms with Crippen molar-refractivity contribution in [3.05, 3.63) is 59.9 Å². The van der Waals surface area contributed by atoms with Crippen LogP contribution in [0.1, 0.15) is 49.9 Å². The Kier molecular flexibility index (Phi) is 6.58. The number of hydrogen-bond acceptors (Lipinski definition) is 4. The predicted molar refractivity (Wildman–Crippen MR) is 118 cm³/mol. The molecule has 0 saturated carbocycles. The Hall–Kier alpha value is -2.71. The fourth-order valence-electron chi connectivity index (χ4n) is 3.25. The van der Waals surface area contributed by atoms with Gasteiger partial charge in [0.15, 0.2) is 0 Å². The maximum atomic E-state index is 12.7. The number of nitrogens with one attached hydrogen (secondary N) is 2. The van der Waals surface area contributed by atoms with E-state index < -0.39 is 10.0 Å². The van der Waals surface area contributed by atoms with Gasteiger partial charge in [-0.25, -0.2) is 18.1 Å². The lowest BCUT2D eigenvalue weighted by Crippen LogP contribution is -2.29. The van der Waals surface area contributed by atoms with Gasteiger partial charge in [0.25, 0.3) is 5.91 Å². The largest absolute Gasteiger partial charge is 0.342 e. The van der Waals surface area contributed by atoms with Crippen molar-refractivity contribution >= 4 is 27.0 Å². The van der Waals surface area contributed by atoms with Crippen LogP contribution in [-0.4, -0.2) is 30.4 Å². The number of rotatable bonds is 8. The molecule has 30 heavy (non-hydrogen) atoms. The van der Waals surface area contributed by atoms with Gasteiger partial charge < -0.3 is 9.88 Å². The summed E-state index contributed by atoms with van der Waals surface area (Å²) in [5.74, 6) is 0.707. The molecule has 0 aliphatic carbocycles. The SMILES string of the molecule is CCn1c(C(C)NC(=O)c2ccc(S(=O)(=O)NCC(C)C)cc2)nc2ccccc21. The number of aromatic nitrogens is 2. The minimum Gasteiger partial charge on any atom is -0.342 e. The lowest BCUT2D eigenvalue weighted by molar-refractivity contribution is 0.0937. The zero-order valence-electron chi connectivity index (χ0n) is 17.7. The number of benzene rings is 2.